The second-order valence-corrected chi connectivity index (χ2v) is 7.29. The smallest absolute Gasteiger partial charge is 0.306 e. The minimum Gasteiger partial charge on any atom is -0.454 e. The molecule has 0 aliphatic heterocycles. The quantitative estimate of drug-likeness (QED) is 0.534. The normalized spacial score (nSPS) is 12.3. The van der Waals surface area contributed by atoms with E-state index in [0.29, 0.717) is 23.1 Å². The van der Waals surface area contributed by atoms with Gasteiger partial charge in [0.1, 0.15) is 0 Å². The van der Waals surface area contributed by atoms with E-state index in [1.165, 1.54) is 0 Å². The van der Waals surface area contributed by atoms with Crippen molar-refractivity contribution in [2.75, 3.05) is 0 Å². The van der Waals surface area contributed by atoms with Crippen molar-refractivity contribution in [1.82, 2.24) is 15.0 Å². The molecule has 0 saturated heterocycles. The fourth-order valence-corrected chi connectivity index (χ4v) is 3.81. The first kappa shape index (κ1) is 17.4. The summed E-state index contributed by atoms with van der Waals surface area (Å²) in [6.07, 6.45) is 0.110. The van der Waals surface area contributed by atoms with Crippen LogP contribution in [-0.2, 0) is 16.0 Å². The zero-order valence-electron chi connectivity index (χ0n) is 14.6. The van der Waals surface area contributed by atoms with Gasteiger partial charge in [0.05, 0.1) is 32.5 Å². The van der Waals surface area contributed by atoms with Gasteiger partial charge in [0.15, 0.2) is 11.9 Å². The number of H-pyrrole nitrogens is 1. The van der Waals surface area contributed by atoms with E-state index in [0.717, 1.165) is 15.2 Å². The molecule has 2 aromatic heterocycles. The molecule has 1 atom stereocenters. The van der Waals surface area contributed by atoms with Crippen molar-refractivity contribution in [1.29, 1.82) is 0 Å². The van der Waals surface area contributed by atoms with E-state index < -0.39 is 6.10 Å². The summed E-state index contributed by atoms with van der Waals surface area (Å²) in [5.41, 5.74) is 1.28. The van der Waals surface area contributed by atoms with E-state index in [2.05, 4.69) is 15.0 Å². The van der Waals surface area contributed by atoms with Crippen molar-refractivity contribution in [3.63, 3.8) is 0 Å². The number of carbonyl (C=O) groups excluding carboxylic acids is 1. The number of nitrogens with zero attached hydrogens (tertiary/aromatic N) is 2. The summed E-state index contributed by atoms with van der Waals surface area (Å²) >= 11 is 1.58. The molecule has 136 valence electrons. The van der Waals surface area contributed by atoms with Crippen molar-refractivity contribution < 1.29 is 9.53 Å². The summed E-state index contributed by atoms with van der Waals surface area (Å²) in [5, 5.41) is 1.41. The van der Waals surface area contributed by atoms with Crippen LogP contribution in [0.4, 0.5) is 0 Å². The third-order valence-corrected chi connectivity index (χ3v) is 5.30. The van der Waals surface area contributed by atoms with Crippen LogP contribution >= 0.6 is 11.3 Å². The van der Waals surface area contributed by atoms with Gasteiger partial charge in [-0.3, -0.25) is 9.59 Å². The Hall–Kier alpha value is -3.06. The number of nitrogens with one attached hydrogen (secondary N) is 1. The fourth-order valence-electron chi connectivity index (χ4n) is 2.84. The maximum Gasteiger partial charge on any atom is 0.306 e. The molecule has 0 spiro atoms. The minimum atomic E-state index is -0.634. The van der Waals surface area contributed by atoms with Crippen molar-refractivity contribution in [3.8, 4) is 0 Å². The van der Waals surface area contributed by atoms with E-state index in [4.69, 9.17) is 4.74 Å². The molecule has 0 amide bonds. The molecule has 6 nitrogen and oxygen atoms in total. The summed E-state index contributed by atoms with van der Waals surface area (Å²) in [6.45, 7) is 1.70. The lowest BCUT2D eigenvalue weighted by Gasteiger charge is -2.12. The maximum absolute atomic E-state index is 12.2. The molecule has 2 aromatic carbocycles. The second kappa shape index (κ2) is 7.28. The molecule has 0 fully saturated rings. The molecule has 2 heterocycles. The first-order valence-corrected chi connectivity index (χ1v) is 9.45. The van der Waals surface area contributed by atoms with Gasteiger partial charge in [0.2, 0.25) is 0 Å². The van der Waals surface area contributed by atoms with Crippen LogP contribution in [-0.4, -0.2) is 20.9 Å². The van der Waals surface area contributed by atoms with Gasteiger partial charge >= 0.3 is 5.97 Å². The molecule has 0 bridgehead atoms. The fraction of sp³-hybridized carbons (Fsp3) is 0.200. The molecule has 7 heteroatoms. The van der Waals surface area contributed by atoms with Crippen molar-refractivity contribution in [2.24, 2.45) is 0 Å². The summed E-state index contributed by atoms with van der Waals surface area (Å²) in [5.74, 6) is -0.00963. The van der Waals surface area contributed by atoms with E-state index in [9.17, 15) is 9.59 Å². The highest BCUT2D eigenvalue weighted by Crippen LogP contribution is 2.23. The zero-order chi connectivity index (χ0) is 18.8. The number of esters is 1. The predicted octanol–water partition coefficient (Wildman–Crippen LogP) is 3.77. The number of para-hydroxylation sites is 2. The number of fused-ring (bicyclic) bond motifs is 2. The van der Waals surface area contributed by atoms with Crippen LogP contribution < -0.4 is 5.56 Å². The van der Waals surface area contributed by atoms with Crippen LogP contribution in [0.15, 0.2) is 53.3 Å². The van der Waals surface area contributed by atoms with E-state index in [-0.39, 0.29) is 17.9 Å². The molecule has 27 heavy (non-hydrogen) atoms. The number of hydrogen-bond acceptors (Lipinski definition) is 6. The number of carbonyl (C=O) groups is 1. The lowest BCUT2D eigenvalue weighted by Crippen LogP contribution is -2.17. The maximum atomic E-state index is 12.2. The molecular weight excluding hydrogens is 362 g/mol. The number of aryl methyl sites for hydroxylation is 1. The summed E-state index contributed by atoms with van der Waals surface area (Å²) in [6, 6.07) is 14.9. The third-order valence-electron chi connectivity index (χ3n) is 4.21. The Bertz CT molecular complexity index is 1150. The van der Waals surface area contributed by atoms with Crippen molar-refractivity contribution in [2.45, 2.75) is 25.9 Å². The topological polar surface area (TPSA) is 84.9 Å². The first-order valence-electron chi connectivity index (χ1n) is 8.63. The highest BCUT2D eigenvalue weighted by molar-refractivity contribution is 7.18. The Labute approximate surface area is 158 Å². The molecule has 4 rings (SSSR count). The number of ether oxygens (including phenoxy) is 1. The van der Waals surface area contributed by atoms with Gasteiger partial charge in [0, 0.05) is 6.42 Å². The number of benzene rings is 2. The van der Waals surface area contributed by atoms with Gasteiger partial charge in [0.25, 0.3) is 5.56 Å². The van der Waals surface area contributed by atoms with Crippen LogP contribution in [0.2, 0.25) is 0 Å². The Morgan fingerprint density at radius 3 is 2.67 bits per heavy atom. The highest BCUT2D eigenvalue weighted by atomic mass is 32.1. The van der Waals surface area contributed by atoms with Gasteiger partial charge in [-0.1, -0.05) is 24.3 Å². The van der Waals surface area contributed by atoms with Crippen LogP contribution in [0, 0.1) is 0 Å². The molecular formula is C20H17N3O3S. The van der Waals surface area contributed by atoms with Gasteiger partial charge in [-0.05, 0) is 31.2 Å². The Morgan fingerprint density at radius 2 is 1.85 bits per heavy atom. The monoisotopic (exact) mass is 379 g/mol. The van der Waals surface area contributed by atoms with Crippen molar-refractivity contribution in [3.05, 3.63) is 69.7 Å². The number of thiazole rings is 1. The molecule has 0 saturated carbocycles. The Kier molecular flexibility index (Phi) is 4.68. The van der Waals surface area contributed by atoms with E-state index >= 15 is 0 Å². The molecule has 0 unspecified atom stereocenters. The van der Waals surface area contributed by atoms with E-state index in [1.54, 1.807) is 36.5 Å². The second-order valence-electron chi connectivity index (χ2n) is 6.18. The Morgan fingerprint density at radius 1 is 1.11 bits per heavy atom. The summed E-state index contributed by atoms with van der Waals surface area (Å²) < 4.78 is 6.55. The van der Waals surface area contributed by atoms with Crippen LogP contribution in [0.5, 0.6) is 0 Å². The summed E-state index contributed by atoms with van der Waals surface area (Å²) in [7, 11) is 0. The standard InChI is InChI=1S/C20H17N3O3S/c1-12(19-22-14-7-3-2-6-13(14)20(25)23-19)26-18(24)11-10-17-21-15-8-4-5-9-16(15)27-17/h2-9,12H,10-11H2,1H3,(H,22,23,25)/t12-/m0/s1. The van der Waals surface area contributed by atoms with Crippen LogP contribution in [0.1, 0.15) is 30.3 Å². The lowest BCUT2D eigenvalue weighted by molar-refractivity contribution is -0.148. The molecule has 1 N–H and O–H groups in total. The van der Waals surface area contributed by atoms with Gasteiger partial charge in [-0.2, -0.15) is 0 Å². The van der Waals surface area contributed by atoms with E-state index in [1.807, 2.05) is 30.3 Å². The van der Waals surface area contributed by atoms with Gasteiger partial charge < -0.3 is 9.72 Å². The van der Waals surface area contributed by atoms with Crippen molar-refractivity contribution >= 4 is 38.4 Å². The largest absolute Gasteiger partial charge is 0.454 e. The number of hydrogen-bond donors (Lipinski definition) is 1. The van der Waals surface area contributed by atoms with Gasteiger partial charge in [-0.25, -0.2) is 9.97 Å². The van der Waals surface area contributed by atoms with Crippen LogP contribution in [0.25, 0.3) is 21.1 Å². The first-order chi connectivity index (χ1) is 13.1. The predicted molar refractivity (Wildman–Crippen MR) is 105 cm³/mol. The number of aromatic nitrogens is 3. The lowest BCUT2D eigenvalue weighted by atomic mass is 10.2. The SMILES string of the molecule is C[C@H](OC(=O)CCc1nc2ccccc2s1)c1nc2ccccc2c(=O)[nH]1. The highest BCUT2D eigenvalue weighted by Gasteiger charge is 2.16. The minimum absolute atomic E-state index is 0.224. The number of aromatic amines is 1. The molecule has 4 aromatic rings. The molecule has 0 radical (unpaired) electrons. The average molecular weight is 379 g/mol. The average Bonchev–Trinajstić information content (AvgIpc) is 3.09. The molecule has 0 aliphatic carbocycles. The molecule has 0 aliphatic rings. The summed E-state index contributed by atoms with van der Waals surface area (Å²) in [4.78, 5) is 35.9. The Balaban J connectivity index is 1.42. The van der Waals surface area contributed by atoms with Gasteiger partial charge in [-0.15, -0.1) is 11.3 Å². The zero-order valence-corrected chi connectivity index (χ0v) is 15.5. The third kappa shape index (κ3) is 3.73. The van der Waals surface area contributed by atoms with Crippen LogP contribution in [0.3, 0.4) is 0 Å². The number of rotatable bonds is 5.